The van der Waals surface area contributed by atoms with Crippen LogP contribution in [-0.4, -0.2) is 26.5 Å². The predicted octanol–water partition coefficient (Wildman–Crippen LogP) is 2.86. The van der Waals surface area contributed by atoms with Crippen LogP contribution in [0.25, 0.3) is 22.3 Å². The Balaban J connectivity index is 1.67. The minimum Gasteiger partial charge on any atom is -0.458 e. The number of carbonyl (C=O) groups excluding carboxylic acids is 2. The lowest BCUT2D eigenvalue weighted by Gasteiger charge is -2.31. The van der Waals surface area contributed by atoms with Gasteiger partial charge < -0.3 is 19.7 Å². The van der Waals surface area contributed by atoms with E-state index in [9.17, 15) is 19.5 Å². The van der Waals surface area contributed by atoms with Gasteiger partial charge in [-0.3, -0.25) is 9.59 Å². The Kier molecular flexibility index (Phi) is 4.47. The van der Waals surface area contributed by atoms with Crippen molar-refractivity contribution < 1.29 is 19.4 Å². The van der Waals surface area contributed by atoms with Gasteiger partial charge in [0.25, 0.3) is 5.56 Å². The summed E-state index contributed by atoms with van der Waals surface area (Å²) in [6.07, 6.45) is 1.47. The molecule has 1 aliphatic carbocycles. The van der Waals surface area contributed by atoms with Gasteiger partial charge in [0.2, 0.25) is 5.91 Å². The lowest BCUT2D eigenvalue weighted by molar-refractivity contribution is -0.172. The van der Waals surface area contributed by atoms with Gasteiger partial charge in [0.05, 0.1) is 35.1 Å². The molecule has 0 fully saturated rings. The zero-order valence-electron chi connectivity index (χ0n) is 18.7. The molecule has 0 spiro atoms. The summed E-state index contributed by atoms with van der Waals surface area (Å²) in [5.41, 5.74) is 3.02. The highest BCUT2D eigenvalue weighted by atomic mass is 35.5. The molecule has 2 atom stereocenters. The highest BCUT2D eigenvalue weighted by Gasteiger charge is 2.45. The summed E-state index contributed by atoms with van der Waals surface area (Å²) in [6, 6.07) is 5.13. The second kappa shape index (κ2) is 7.13. The van der Waals surface area contributed by atoms with Crippen molar-refractivity contribution in [3.8, 4) is 11.4 Å². The molecule has 0 saturated carbocycles. The van der Waals surface area contributed by atoms with Gasteiger partial charge in [0.15, 0.2) is 5.60 Å². The van der Waals surface area contributed by atoms with Crippen molar-refractivity contribution in [2.45, 2.75) is 57.9 Å². The number of aryl methyl sites for hydroxylation is 1. The van der Waals surface area contributed by atoms with Gasteiger partial charge in [-0.1, -0.05) is 18.5 Å². The van der Waals surface area contributed by atoms with Crippen molar-refractivity contribution in [3.05, 3.63) is 61.4 Å². The van der Waals surface area contributed by atoms with E-state index in [0.29, 0.717) is 29.3 Å². The van der Waals surface area contributed by atoms with E-state index in [1.807, 2.05) is 12.1 Å². The second-order valence-corrected chi connectivity index (χ2v) is 9.57. The number of pyridine rings is 2. The molecule has 34 heavy (non-hydrogen) atoms. The highest BCUT2D eigenvalue weighted by molar-refractivity contribution is 6.32. The van der Waals surface area contributed by atoms with Crippen LogP contribution in [0.1, 0.15) is 60.5 Å². The van der Waals surface area contributed by atoms with Gasteiger partial charge in [-0.2, -0.15) is 0 Å². The number of nitrogens with zero attached hydrogens (tertiary/aromatic N) is 2. The van der Waals surface area contributed by atoms with Gasteiger partial charge in [-0.25, -0.2) is 9.78 Å². The number of ether oxygens (including phenoxy) is 1. The first-order chi connectivity index (χ1) is 16.2. The average Bonchev–Trinajstić information content (AvgIpc) is 3.18. The van der Waals surface area contributed by atoms with Crippen LogP contribution in [0.2, 0.25) is 5.02 Å². The van der Waals surface area contributed by atoms with Crippen LogP contribution in [0.3, 0.4) is 0 Å². The Hall–Kier alpha value is -3.23. The number of halogens is 1. The topological polar surface area (TPSA) is 111 Å². The number of nitrogens with one attached hydrogen (secondary N) is 1. The number of esters is 1. The summed E-state index contributed by atoms with van der Waals surface area (Å²) in [5.74, 6) is -0.891. The van der Waals surface area contributed by atoms with Crippen molar-refractivity contribution in [3.63, 3.8) is 0 Å². The van der Waals surface area contributed by atoms with Crippen molar-refractivity contribution >= 4 is 34.4 Å². The Morgan fingerprint density at radius 2 is 2.12 bits per heavy atom. The quantitative estimate of drug-likeness (QED) is 0.428. The molecular formula is C25H22ClN3O5. The Labute approximate surface area is 199 Å². The van der Waals surface area contributed by atoms with E-state index in [2.05, 4.69) is 5.32 Å². The summed E-state index contributed by atoms with van der Waals surface area (Å²) in [6.45, 7) is 3.26. The smallest absolute Gasteiger partial charge is 0.343 e. The summed E-state index contributed by atoms with van der Waals surface area (Å²) < 4.78 is 6.77. The largest absolute Gasteiger partial charge is 0.458 e. The number of benzene rings is 1. The molecule has 4 heterocycles. The molecule has 0 saturated heterocycles. The highest BCUT2D eigenvalue weighted by Crippen LogP contribution is 2.46. The Morgan fingerprint density at radius 1 is 1.32 bits per heavy atom. The molecule has 2 aromatic heterocycles. The van der Waals surface area contributed by atoms with Crippen molar-refractivity contribution in [1.29, 1.82) is 0 Å². The number of rotatable bonds is 2. The van der Waals surface area contributed by atoms with Crippen LogP contribution >= 0.6 is 11.6 Å². The first-order valence-corrected chi connectivity index (χ1v) is 11.7. The van der Waals surface area contributed by atoms with Crippen LogP contribution < -0.4 is 10.9 Å². The Bertz CT molecular complexity index is 1510. The van der Waals surface area contributed by atoms with Gasteiger partial charge in [-0.15, -0.1) is 0 Å². The SMILES string of the molecule is CC[C@@]1(O)C(=O)OCc2c1cc1n(c2=O)Cc2c-1nc1ccc(Cl)c3c1c2C(NC(C)=O)CC3. The zero-order chi connectivity index (χ0) is 23.9. The third kappa shape index (κ3) is 2.69. The standard InChI is InChI=1S/C25H22ClN3O5/c1-3-25(33)15-8-19-22-13(9-29(19)23(31)14(15)10-34-24(25)32)21-17(27-11(2)30)6-4-12-16(26)5-7-18(28-22)20(12)21/h5,7-8,17,33H,3-4,6,9-10H2,1-2H3,(H,27,30)/t17?,25-/m0/s1. The van der Waals surface area contributed by atoms with Crippen LogP contribution in [0.15, 0.2) is 23.0 Å². The van der Waals surface area contributed by atoms with E-state index in [1.165, 1.54) is 6.92 Å². The van der Waals surface area contributed by atoms with E-state index in [-0.39, 0.29) is 48.2 Å². The number of cyclic esters (lactones) is 1. The van der Waals surface area contributed by atoms with Gasteiger partial charge in [0.1, 0.15) is 6.61 Å². The molecule has 0 radical (unpaired) electrons. The molecule has 1 aromatic carbocycles. The lowest BCUT2D eigenvalue weighted by atomic mass is 9.83. The van der Waals surface area contributed by atoms with Crippen molar-refractivity contribution in [1.82, 2.24) is 14.9 Å². The molecule has 2 aliphatic heterocycles. The molecule has 2 N–H and O–H groups in total. The fourth-order valence-electron chi connectivity index (χ4n) is 5.70. The van der Waals surface area contributed by atoms with E-state index in [0.717, 1.165) is 27.6 Å². The predicted molar refractivity (Wildman–Crippen MR) is 124 cm³/mol. The molecule has 8 nitrogen and oxygen atoms in total. The van der Waals surface area contributed by atoms with Crippen LogP contribution in [0, 0.1) is 0 Å². The van der Waals surface area contributed by atoms with Crippen LogP contribution in [-0.2, 0) is 39.5 Å². The van der Waals surface area contributed by atoms with E-state index >= 15 is 0 Å². The van der Waals surface area contributed by atoms with Gasteiger partial charge >= 0.3 is 5.97 Å². The zero-order valence-corrected chi connectivity index (χ0v) is 19.5. The molecule has 9 heteroatoms. The average molecular weight is 480 g/mol. The molecule has 1 unspecified atom stereocenters. The maximum Gasteiger partial charge on any atom is 0.343 e. The first kappa shape index (κ1) is 21.3. The van der Waals surface area contributed by atoms with Crippen LogP contribution in [0.4, 0.5) is 0 Å². The number of carbonyl (C=O) groups is 2. The normalized spacial score (nSPS) is 22.1. The fourth-order valence-corrected chi connectivity index (χ4v) is 5.96. The fraction of sp³-hybridized carbons (Fsp3) is 0.360. The van der Waals surface area contributed by atoms with E-state index in [4.69, 9.17) is 21.3 Å². The minimum atomic E-state index is -1.88. The minimum absolute atomic E-state index is 0.0808. The first-order valence-electron chi connectivity index (χ1n) is 11.3. The number of amides is 1. The second-order valence-electron chi connectivity index (χ2n) is 9.17. The van der Waals surface area contributed by atoms with E-state index in [1.54, 1.807) is 17.6 Å². The number of hydrogen-bond donors (Lipinski definition) is 2. The molecule has 3 aliphatic rings. The maximum absolute atomic E-state index is 13.5. The summed E-state index contributed by atoms with van der Waals surface area (Å²) in [5, 5.41) is 15.7. The van der Waals surface area contributed by atoms with Gasteiger partial charge in [0, 0.05) is 28.5 Å². The molecule has 1 amide bonds. The number of aromatic nitrogens is 2. The summed E-state index contributed by atoms with van der Waals surface area (Å²) >= 11 is 6.53. The van der Waals surface area contributed by atoms with Crippen molar-refractivity contribution in [2.24, 2.45) is 0 Å². The lowest BCUT2D eigenvalue weighted by Crippen LogP contribution is -2.44. The Morgan fingerprint density at radius 3 is 2.85 bits per heavy atom. The van der Waals surface area contributed by atoms with Crippen LogP contribution in [0.5, 0.6) is 0 Å². The van der Waals surface area contributed by atoms with Crippen molar-refractivity contribution in [2.75, 3.05) is 0 Å². The summed E-state index contributed by atoms with van der Waals surface area (Å²) in [4.78, 5) is 42.8. The number of hydrogen-bond acceptors (Lipinski definition) is 6. The number of aliphatic hydroxyl groups is 1. The summed E-state index contributed by atoms with van der Waals surface area (Å²) in [7, 11) is 0. The third-order valence-electron chi connectivity index (χ3n) is 7.36. The molecule has 6 rings (SSSR count). The molecule has 0 bridgehead atoms. The molecule has 174 valence electrons. The van der Waals surface area contributed by atoms with Gasteiger partial charge in [-0.05, 0) is 48.6 Å². The maximum atomic E-state index is 13.5. The number of fused-ring (bicyclic) bond motifs is 5. The monoisotopic (exact) mass is 479 g/mol. The third-order valence-corrected chi connectivity index (χ3v) is 7.71. The molecular weight excluding hydrogens is 458 g/mol. The van der Waals surface area contributed by atoms with E-state index < -0.39 is 11.6 Å². The molecule has 3 aromatic rings.